The fraction of sp³-hybridized carbons (Fsp3) is 0.160. The summed E-state index contributed by atoms with van der Waals surface area (Å²) in [6, 6.07) is 46.7. The van der Waals surface area contributed by atoms with Crippen LogP contribution in [0.4, 0.5) is 0 Å². The first-order chi connectivity index (χ1) is 28.4. The molecule has 0 aliphatic heterocycles. The normalized spacial score (nSPS) is 13.8. The largest absolute Gasteiger partial charge is 0.501 e. The van der Waals surface area contributed by atoms with E-state index in [1.54, 1.807) is 42.6 Å². The SMILES string of the molecule is [2H]C([2H])([2H])c1c[c-]c(-c2cc(C([2H])(C)C)c([Si](C)(C)C)cn2)cc1.[2H]C([2H])(c1ccccc1)c1ccnc(-c2[c-]ccc3c2oc2cc4c(ccc5ccccc54)cc23)c1.[Ir]. The molecule has 1 radical (unpaired) electrons. The zero-order chi connectivity index (χ0) is 42.6. The molecule has 0 N–H and O–H groups in total. The number of aryl methyl sites for hydroxylation is 1. The summed E-state index contributed by atoms with van der Waals surface area (Å²) in [6.07, 6.45) is 1.89. The van der Waals surface area contributed by atoms with E-state index in [-0.39, 0.29) is 25.7 Å². The molecular formula is C50H44IrN2OSi-2. The second kappa shape index (κ2) is 15.9. The third-order valence-corrected chi connectivity index (χ3v) is 11.7. The van der Waals surface area contributed by atoms with Gasteiger partial charge in [-0.05, 0) is 79.7 Å². The summed E-state index contributed by atoms with van der Waals surface area (Å²) >= 11 is 0. The van der Waals surface area contributed by atoms with Crippen molar-refractivity contribution in [3.8, 4) is 22.5 Å². The number of rotatable bonds is 6. The molecule has 55 heavy (non-hydrogen) atoms. The molecule has 0 amide bonds. The van der Waals surface area contributed by atoms with Crippen molar-refractivity contribution >= 4 is 56.7 Å². The molecular weight excluding hydrogens is 865 g/mol. The van der Waals surface area contributed by atoms with Crippen molar-refractivity contribution in [1.82, 2.24) is 9.97 Å². The first-order valence-electron chi connectivity index (χ1n) is 21.1. The van der Waals surface area contributed by atoms with Crippen LogP contribution in [0.5, 0.6) is 0 Å². The molecule has 0 fully saturated rings. The maximum Gasteiger partial charge on any atom is 0.121 e. The minimum atomic E-state index is -2.13. The van der Waals surface area contributed by atoms with Crippen LogP contribution in [0.15, 0.2) is 144 Å². The van der Waals surface area contributed by atoms with Crippen LogP contribution in [0.25, 0.3) is 66.0 Å². The van der Waals surface area contributed by atoms with Gasteiger partial charge >= 0.3 is 0 Å². The van der Waals surface area contributed by atoms with E-state index in [0.29, 0.717) is 22.4 Å². The number of aromatic nitrogens is 2. The molecule has 0 spiro atoms. The first kappa shape index (κ1) is 31.1. The van der Waals surface area contributed by atoms with Gasteiger partial charge in [0.2, 0.25) is 0 Å². The van der Waals surface area contributed by atoms with Gasteiger partial charge in [-0.2, -0.15) is 0 Å². The second-order valence-corrected chi connectivity index (χ2v) is 19.9. The zero-order valence-corrected chi connectivity index (χ0v) is 34.8. The van der Waals surface area contributed by atoms with Crippen molar-refractivity contribution in [1.29, 1.82) is 0 Å². The minimum Gasteiger partial charge on any atom is -0.501 e. The van der Waals surface area contributed by atoms with Crippen molar-refractivity contribution in [3.63, 3.8) is 0 Å². The summed E-state index contributed by atoms with van der Waals surface area (Å²) in [7, 11) is -1.61. The Labute approximate surface area is 347 Å². The molecule has 0 atom stereocenters. The summed E-state index contributed by atoms with van der Waals surface area (Å²) in [4.78, 5) is 9.14. The van der Waals surface area contributed by atoms with Gasteiger partial charge in [0.15, 0.2) is 0 Å². The average Bonchev–Trinajstić information content (AvgIpc) is 3.60. The fourth-order valence-electron chi connectivity index (χ4n) is 6.96. The van der Waals surface area contributed by atoms with Crippen molar-refractivity contribution in [2.24, 2.45) is 0 Å². The molecule has 3 aromatic heterocycles. The number of nitrogens with zero attached hydrogens (tertiary/aromatic N) is 2. The second-order valence-electron chi connectivity index (χ2n) is 14.8. The van der Waals surface area contributed by atoms with Gasteiger partial charge in [0.1, 0.15) is 5.58 Å². The summed E-state index contributed by atoms with van der Waals surface area (Å²) in [5, 5.41) is 7.93. The molecule has 3 nitrogen and oxygen atoms in total. The van der Waals surface area contributed by atoms with Gasteiger partial charge in [-0.25, -0.2) is 0 Å². The molecule has 0 saturated heterocycles. The van der Waals surface area contributed by atoms with E-state index >= 15 is 0 Å². The Balaban J connectivity index is 0.000000197. The van der Waals surface area contributed by atoms with E-state index in [9.17, 15) is 0 Å². The Morgan fingerprint density at radius 3 is 2.31 bits per heavy atom. The molecule has 0 unspecified atom stereocenters. The van der Waals surface area contributed by atoms with E-state index in [1.807, 2.05) is 56.4 Å². The van der Waals surface area contributed by atoms with Crippen LogP contribution in [-0.4, -0.2) is 18.0 Å². The topological polar surface area (TPSA) is 38.9 Å². The number of hydrogen-bond donors (Lipinski definition) is 0. The summed E-state index contributed by atoms with van der Waals surface area (Å²) in [6.45, 7) is 8.38. The third kappa shape index (κ3) is 7.97. The molecule has 0 saturated carbocycles. The van der Waals surface area contributed by atoms with Crippen molar-refractivity contribution in [2.75, 3.05) is 0 Å². The predicted molar refractivity (Wildman–Crippen MR) is 230 cm³/mol. The Bertz CT molecular complexity index is 3030. The monoisotopic (exact) mass is 915 g/mol. The van der Waals surface area contributed by atoms with Gasteiger partial charge < -0.3 is 14.4 Å². The number of benzene rings is 6. The molecule has 5 heteroatoms. The minimum absolute atomic E-state index is 0. The summed E-state index contributed by atoms with van der Waals surface area (Å²) in [5.74, 6) is -0.716. The standard InChI is InChI=1S/C32H20NO.C18H24NSi.Ir/c1-2-7-21(8-3-1)17-22-15-16-33-30(18-22)27-12-6-11-26-29-19-24-14-13-23-9-4-5-10-25(23)28(24)20-31(29)34-32(26)27;1-13(2)16-11-17(15-9-7-14(3)8-10-15)19-12-18(16)20(4,5)6;/h1-11,13-16,18-20H,17H2;7-9,11-13H,1-6H3;/q2*-1;/i17D2;3D3,13D;. The summed E-state index contributed by atoms with van der Waals surface area (Å²) < 4.78 is 54.8. The van der Waals surface area contributed by atoms with Crippen LogP contribution in [-0.2, 0) is 26.5 Å². The van der Waals surface area contributed by atoms with E-state index in [2.05, 4.69) is 90.3 Å². The van der Waals surface area contributed by atoms with Crippen molar-refractivity contribution in [2.45, 2.75) is 52.6 Å². The van der Waals surface area contributed by atoms with Crippen LogP contribution in [0.3, 0.4) is 0 Å². The average molecular weight is 915 g/mol. The van der Waals surface area contributed by atoms with E-state index in [0.717, 1.165) is 49.5 Å². The molecule has 0 bridgehead atoms. The number of pyridine rings is 2. The number of fused-ring (bicyclic) bond motifs is 6. The molecule has 0 aliphatic carbocycles. The smallest absolute Gasteiger partial charge is 0.121 e. The zero-order valence-electron chi connectivity index (χ0n) is 37.4. The Kier molecular flexibility index (Phi) is 8.97. The third-order valence-electron chi connectivity index (χ3n) is 9.71. The maximum absolute atomic E-state index is 8.77. The molecule has 9 aromatic rings. The van der Waals surface area contributed by atoms with E-state index in [1.165, 1.54) is 22.0 Å². The molecule has 9 rings (SSSR count). The molecule has 275 valence electrons. The van der Waals surface area contributed by atoms with Gasteiger partial charge in [-0.15, -0.1) is 53.6 Å². The van der Waals surface area contributed by atoms with E-state index in [4.69, 9.17) is 12.6 Å². The van der Waals surface area contributed by atoms with Crippen LogP contribution in [0, 0.1) is 19.0 Å². The molecule has 6 aromatic carbocycles. The Hall–Kier alpha value is -5.19. The Morgan fingerprint density at radius 1 is 0.745 bits per heavy atom. The predicted octanol–water partition coefficient (Wildman–Crippen LogP) is 12.9. The van der Waals surface area contributed by atoms with Crippen LogP contribution >= 0.6 is 0 Å². The van der Waals surface area contributed by atoms with Crippen LogP contribution in [0.2, 0.25) is 19.6 Å². The van der Waals surface area contributed by atoms with Crippen LogP contribution in [0.1, 0.15) is 50.2 Å². The fourth-order valence-corrected chi connectivity index (χ4v) is 8.55. The van der Waals surface area contributed by atoms with E-state index < -0.39 is 27.2 Å². The summed E-state index contributed by atoms with van der Waals surface area (Å²) in [5.41, 5.74) is 6.74. The molecule has 0 aliphatic rings. The van der Waals surface area contributed by atoms with Gasteiger partial charge in [-0.1, -0.05) is 136 Å². The molecule has 3 heterocycles. The van der Waals surface area contributed by atoms with Crippen molar-refractivity contribution in [3.05, 3.63) is 174 Å². The van der Waals surface area contributed by atoms with Gasteiger partial charge in [0, 0.05) is 46.1 Å². The Morgan fingerprint density at radius 2 is 1.55 bits per heavy atom. The van der Waals surface area contributed by atoms with Crippen LogP contribution < -0.4 is 5.19 Å². The van der Waals surface area contributed by atoms with Crippen molar-refractivity contribution < 1.29 is 32.7 Å². The van der Waals surface area contributed by atoms with Gasteiger partial charge in [-0.3, -0.25) is 0 Å². The van der Waals surface area contributed by atoms with Gasteiger partial charge in [0.25, 0.3) is 0 Å². The quantitative estimate of drug-likeness (QED) is 0.0948. The maximum atomic E-state index is 8.77. The number of hydrogen-bond acceptors (Lipinski definition) is 3. The first-order valence-corrected chi connectivity index (χ1v) is 21.6. The number of furan rings is 1. The van der Waals surface area contributed by atoms with Gasteiger partial charge in [0.05, 0.1) is 13.7 Å².